The molecule has 5 nitrogen and oxygen atoms in total. The van der Waals surface area contributed by atoms with Gasteiger partial charge in [0, 0.05) is 32.0 Å². The Kier molecular flexibility index (Phi) is 8.62. The topological polar surface area (TPSA) is 58.8 Å². The van der Waals surface area contributed by atoms with Crippen molar-refractivity contribution in [2.24, 2.45) is 10.9 Å². The average Bonchev–Trinajstić information content (AvgIpc) is 3.33. The fourth-order valence-corrected chi connectivity index (χ4v) is 3.13. The van der Waals surface area contributed by atoms with Crippen LogP contribution in [0.4, 0.5) is 0 Å². The molecular weight excluding hydrogens is 437 g/mol. The third-order valence-corrected chi connectivity index (χ3v) is 4.56. The lowest BCUT2D eigenvalue weighted by molar-refractivity contribution is 0.186. The molecule has 0 saturated carbocycles. The predicted molar refractivity (Wildman–Crippen MR) is 108 cm³/mol. The lowest BCUT2D eigenvalue weighted by atomic mass is 10.1. The van der Waals surface area contributed by atoms with Gasteiger partial charge in [0.2, 0.25) is 0 Å². The van der Waals surface area contributed by atoms with Crippen LogP contribution in [-0.2, 0) is 17.7 Å². The Labute approximate surface area is 163 Å². The SMILES string of the molecule is I.c1coc(CCNC(=NCc2ccsc2)NCC2CCOC2)c1. The van der Waals surface area contributed by atoms with Crippen LogP contribution in [0.3, 0.4) is 0 Å². The van der Waals surface area contributed by atoms with Crippen LogP contribution >= 0.6 is 35.3 Å². The van der Waals surface area contributed by atoms with Gasteiger partial charge in [0.1, 0.15) is 5.76 Å². The van der Waals surface area contributed by atoms with E-state index in [0.29, 0.717) is 12.5 Å². The van der Waals surface area contributed by atoms with Crippen molar-refractivity contribution >= 4 is 41.3 Å². The molecule has 1 aliphatic heterocycles. The molecule has 2 aromatic heterocycles. The molecule has 0 amide bonds. The molecule has 1 atom stereocenters. The number of aliphatic imine (C=N–C) groups is 1. The van der Waals surface area contributed by atoms with Gasteiger partial charge in [-0.25, -0.2) is 4.99 Å². The summed E-state index contributed by atoms with van der Waals surface area (Å²) in [6, 6.07) is 6.02. The quantitative estimate of drug-likeness (QED) is 0.378. The maximum absolute atomic E-state index is 5.43. The van der Waals surface area contributed by atoms with Gasteiger partial charge in [0.25, 0.3) is 0 Å². The van der Waals surface area contributed by atoms with Crippen LogP contribution < -0.4 is 10.6 Å². The smallest absolute Gasteiger partial charge is 0.191 e. The van der Waals surface area contributed by atoms with E-state index >= 15 is 0 Å². The summed E-state index contributed by atoms with van der Waals surface area (Å²) in [6.07, 6.45) is 3.68. The largest absolute Gasteiger partial charge is 0.469 e. The van der Waals surface area contributed by atoms with Gasteiger partial charge in [-0.15, -0.1) is 24.0 Å². The minimum absolute atomic E-state index is 0. The highest BCUT2D eigenvalue weighted by molar-refractivity contribution is 14.0. The molecular formula is C17H24IN3O2S. The van der Waals surface area contributed by atoms with Crippen LogP contribution in [0.15, 0.2) is 44.6 Å². The third-order valence-electron chi connectivity index (χ3n) is 3.83. The lowest BCUT2D eigenvalue weighted by Crippen LogP contribution is -2.40. The molecule has 1 unspecified atom stereocenters. The Hall–Kier alpha value is -1.06. The normalized spacial score (nSPS) is 17.5. The second-order valence-electron chi connectivity index (χ2n) is 5.66. The van der Waals surface area contributed by atoms with Gasteiger partial charge >= 0.3 is 0 Å². The van der Waals surface area contributed by atoms with Crippen LogP contribution in [0.5, 0.6) is 0 Å². The number of hydrogen-bond donors (Lipinski definition) is 2. The third kappa shape index (κ3) is 6.45. The molecule has 2 aromatic rings. The molecule has 7 heteroatoms. The summed E-state index contributed by atoms with van der Waals surface area (Å²) in [7, 11) is 0. The molecule has 0 aromatic carbocycles. The van der Waals surface area contributed by atoms with Gasteiger partial charge in [0.15, 0.2) is 5.96 Å². The second-order valence-corrected chi connectivity index (χ2v) is 6.44. The Bertz CT molecular complexity index is 581. The summed E-state index contributed by atoms with van der Waals surface area (Å²) >= 11 is 1.70. The maximum Gasteiger partial charge on any atom is 0.191 e. The molecule has 1 fully saturated rings. The number of rotatable bonds is 7. The minimum Gasteiger partial charge on any atom is -0.469 e. The number of halogens is 1. The predicted octanol–water partition coefficient (Wildman–Crippen LogP) is 3.27. The van der Waals surface area contributed by atoms with Gasteiger partial charge < -0.3 is 19.8 Å². The first kappa shape index (κ1) is 19.3. The minimum atomic E-state index is 0. The molecule has 1 saturated heterocycles. The van der Waals surface area contributed by atoms with E-state index in [4.69, 9.17) is 9.15 Å². The summed E-state index contributed by atoms with van der Waals surface area (Å²) in [5.74, 6) is 2.42. The van der Waals surface area contributed by atoms with Gasteiger partial charge in [-0.3, -0.25) is 0 Å². The first-order valence-corrected chi connectivity index (χ1v) is 8.98. The molecule has 24 heavy (non-hydrogen) atoms. The molecule has 1 aliphatic rings. The Balaban J connectivity index is 0.00000208. The van der Waals surface area contributed by atoms with Crippen molar-refractivity contribution in [3.8, 4) is 0 Å². The fourth-order valence-electron chi connectivity index (χ4n) is 2.47. The summed E-state index contributed by atoms with van der Waals surface area (Å²) in [5.41, 5.74) is 1.24. The molecule has 0 bridgehead atoms. The van der Waals surface area contributed by atoms with E-state index in [1.54, 1.807) is 17.6 Å². The molecule has 0 spiro atoms. The maximum atomic E-state index is 5.43. The van der Waals surface area contributed by atoms with Gasteiger partial charge in [0.05, 0.1) is 19.4 Å². The number of thiophene rings is 1. The number of guanidine groups is 1. The van der Waals surface area contributed by atoms with Crippen molar-refractivity contribution in [2.75, 3.05) is 26.3 Å². The number of nitrogens with one attached hydrogen (secondary N) is 2. The van der Waals surface area contributed by atoms with Crippen molar-refractivity contribution in [1.29, 1.82) is 0 Å². The monoisotopic (exact) mass is 461 g/mol. The Morgan fingerprint density at radius 2 is 2.29 bits per heavy atom. The van der Waals surface area contributed by atoms with Crippen molar-refractivity contribution < 1.29 is 9.15 Å². The van der Waals surface area contributed by atoms with E-state index < -0.39 is 0 Å². The Morgan fingerprint density at radius 1 is 1.33 bits per heavy atom. The summed E-state index contributed by atoms with van der Waals surface area (Å²) in [5, 5.41) is 11.0. The van der Waals surface area contributed by atoms with Gasteiger partial charge in [-0.1, -0.05) is 0 Å². The zero-order chi connectivity index (χ0) is 15.7. The van der Waals surface area contributed by atoms with Crippen molar-refractivity contribution in [3.05, 3.63) is 46.5 Å². The van der Waals surface area contributed by atoms with E-state index in [2.05, 4.69) is 32.5 Å². The number of hydrogen-bond acceptors (Lipinski definition) is 4. The molecule has 2 N–H and O–H groups in total. The zero-order valence-corrected chi connectivity index (χ0v) is 16.7. The van der Waals surface area contributed by atoms with Crippen LogP contribution in [-0.4, -0.2) is 32.3 Å². The van der Waals surface area contributed by atoms with Crippen LogP contribution in [0.1, 0.15) is 17.7 Å². The van der Waals surface area contributed by atoms with E-state index in [1.807, 2.05) is 12.1 Å². The zero-order valence-electron chi connectivity index (χ0n) is 13.6. The summed E-state index contributed by atoms with van der Waals surface area (Å²) < 4.78 is 10.8. The first-order chi connectivity index (χ1) is 11.4. The standard InChI is InChI=1S/C17H23N3O2S.HI/c1-2-16(22-7-1)3-6-18-17(19-10-14-4-8-21-12-14)20-11-15-5-9-23-13-15;/h1-2,5,7,9,13-14H,3-4,6,8,10-12H2,(H2,18,19,20);1H. The Morgan fingerprint density at radius 3 is 3.00 bits per heavy atom. The number of furan rings is 1. The highest BCUT2D eigenvalue weighted by Gasteiger charge is 2.15. The van der Waals surface area contributed by atoms with Crippen molar-refractivity contribution in [2.45, 2.75) is 19.4 Å². The van der Waals surface area contributed by atoms with Crippen LogP contribution in [0.2, 0.25) is 0 Å². The average molecular weight is 461 g/mol. The molecule has 3 rings (SSSR count). The number of nitrogens with zero attached hydrogens (tertiary/aromatic N) is 1. The van der Waals surface area contributed by atoms with Crippen LogP contribution in [0.25, 0.3) is 0 Å². The van der Waals surface area contributed by atoms with E-state index in [1.165, 1.54) is 5.56 Å². The summed E-state index contributed by atoms with van der Waals surface area (Å²) in [6.45, 7) is 4.11. The second kappa shape index (κ2) is 10.7. The summed E-state index contributed by atoms with van der Waals surface area (Å²) in [4.78, 5) is 4.68. The van der Waals surface area contributed by atoms with Gasteiger partial charge in [-0.2, -0.15) is 11.3 Å². The molecule has 0 aliphatic carbocycles. The van der Waals surface area contributed by atoms with Gasteiger partial charge in [-0.05, 0) is 40.9 Å². The highest BCUT2D eigenvalue weighted by Crippen LogP contribution is 2.11. The van der Waals surface area contributed by atoms with E-state index in [-0.39, 0.29) is 24.0 Å². The first-order valence-electron chi connectivity index (χ1n) is 8.03. The van der Waals surface area contributed by atoms with Crippen LogP contribution in [0, 0.1) is 5.92 Å². The molecule has 3 heterocycles. The molecule has 132 valence electrons. The lowest BCUT2D eigenvalue weighted by Gasteiger charge is -2.14. The van der Waals surface area contributed by atoms with E-state index in [9.17, 15) is 0 Å². The van der Waals surface area contributed by atoms with E-state index in [0.717, 1.165) is 50.9 Å². The fraction of sp³-hybridized carbons (Fsp3) is 0.471. The highest BCUT2D eigenvalue weighted by atomic mass is 127. The van der Waals surface area contributed by atoms with Crippen molar-refractivity contribution in [1.82, 2.24) is 10.6 Å². The van der Waals surface area contributed by atoms with Crippen molar-refractivity contribution in [3.63, 3.8) is 0 Å². The number of ether oxygens (including phenoxy) is 1. The molecule has 0 radical (unpaired) electrons.